The molecule has 2 aromatic heterocycles. The van der Waals surface area contributed by atoms with E-state index in [2.05, 4.69) is 47.0 Å². The topological polar surface area (TPSA) is 24.9 Å². The molecule has 0 bridgehead atoms. The van der Waals surface area contributed by atoms with E-state index in [0.717, 1.165) is 6.42 Å². The van der Waals surface area contributed by atoms with Crippen LogP contribution in [0.4, 0.5) is 0 Å². The van der Waals surface area contributed by atoms with Crippen molar-refractivity contribution in [2.45, 2.75) is 37.6 Å². The highest BCUT2D eigenvalue weighted by Crippen LogP contribution is 2.33. The number of hydrogen-bond donors (Lipinski definition) is 1. The highest BCUT2D eigenvalue weighted by Gasteiger charge is 2.28. The highest BCUT2D eigenvalue weighted by molar-refractivity contribution is 7.09. The van der Waals surface area contributed by atoms with Gasteiger partial charge in [0.2, 0.25) is 0 Å². The van der Waals surface area contributed by atoms with E-state index in [4.69, 9.17) is 0 Å². The van der Waals surface area contributed by atoms with Crippen LogP contribution in [0.5, 0.6) is 0 Å². The van der Waals surface area contributed by atoms with Gasteiger partial charge < -0.3 is 5.32 Å². The number of aryl methyl sites for hydroxylation is 1. The van der Waals surface area contributed by atoms with Crippen molar-refractivity contribution in [1.82, 2.24) is 10.3 Å². The Balaban J connectivity index is 1.84. The summed E-state index contributed by atoms with van der Waals surface area (Å²) in [5.74, 6) is 0.553. The number of aromatic nitrogens is 1. The largest absolute Gasteiger partial charge is 0.316 e. The van der Waals surface area contributed by atoms with E-state index in [-0.39, 0.29) is 0 Å². The molecule has 0 fully saturated rings. The molecule has 2 atom stereocenters. The van der Waals surface area contributed by atoms with Crippen molar-refractivity contribution in [3.63, 3.8) is 0 Å². The minimum Gasteiger partial charge on any atom is -0.316 e. The summed E-state index contributed by atoms with van der Waals surface area (Å²) in [6.07, 6.45) is 6.77. The number of likely N-dealkylation sites (N-methyl/N-ethyl adjacent to an activating group) is 1. The van der Waals surface area contributed by atoms with Gasteiger partial charge in [-0.15, -0.1) is 11.3 Å². The van der Waals surface area contributed by atoms with E-state index >= 15 is 0 Å². The molecule has 100 valence electrons. The molecule has 0 spiro atoms. The average Bonchev–Trinajstić information content (AvgIpc) is 2.97. The molecule has 0 saturated carbocycles. The number of nitrogens with one attached hydrogen (secondary N) is 1. The minimum atomic E-state index is 0.493. The lowest BCUT2D eigenvalue weighted by atomic mass is 9.81. The molecule has 0 aromatic carbocycles. The number of pyridine rings is 1. The lowest BCUT2D eigenvalue weighted by molar-refractivity contribution is 0.404. The molecular weight excluding hydrogens is 252 g/mol. The van der Waals surface area contributed by atoms with Crippen LogP contribution < -0.4 is 5.32 Å². The van der Waals surface area contributed by atoms with Crippen LogP contribution in [0.1, 0.15) is 34.9 Å². The zero-order valence-electron chi connectivity index (χ0n) is 11.3. The third-order valence-electron chi connectivity index (χ3n) is 4.10. The standard InChI is InChI=1S/C16H20N2S/c1-17-15(11-13-7-4-10-19-13)14-8-2-5-12-6-3-9-18-16(12)14/h3-4,6-7,9-10,14-15,17H,2,5,8,11H2,1H3. The SMILES string of the molecule is CNC(Cc1cccs1)C1CCCc2cccnc21. The molecule has 2 heterocycles. The van der Waals surface area contributed by atoms with E-state index < -0.39 is 0 Å². The molecular formula is C16H20N2S. The Morgan fingerprint density at radius 3 is 3.16 bits per heavy atom. The molecule has 19 heavy (non-hydrogen) atoms. The predicted octanol–water partition coefficient (Wildman–Crippen LogP) is 3.39. The first-order valence-electron chi connectivity index (χ1n) is 7.02. The van der Waals surface area contributed by atoms with Gasteiger partial charge in [0.1, 0.15) is 0 Å². The molecule has 0 aliphatic heterocycles. The summed E-state index contributed by atoms with van der Waals surface area (Å²) >= 11 is 1.85. The lowest BCUT2D eigenvalue weighted by Crippen LogP contribution is -2.36. The maximum absolute atomic E-state index is 4.66. The second-order valence-corrected chi connectivity index (χ2v) is 6.26. The average molecular weight is 272 g/mol. The van der Waals surface area contributed by atoms with Gasteiger partial charge in [0.25, 0.3) is 0 Å². The van der Waals surface area contributed by atoms with Crippen LogP contribution in [0.25, 0.3) is 0 Å². The zero-order valence-corrected chi connectivity index (χ0v) is 12.1. The van der Waals surface area contributed by atoms with E-state index in [0.29, 0.717) is 12.0 Å². The van der Waals surface area contributed by atoms with Crippen molar-refractivity contribution in [3.05, 3.63) is 52.0 Å². The van der Waals surface area contributed by atoms with Crippen LogP contribution in [0, 0.1) is 0 Å². The maximum Gasteiger partial charge on any atom is 0.0482 e. The molecule has 2 nitrogen and oxygen atoms in total. The molecule has 0 amide bonds. The number of hydrogen-bond acceptors (Lipinski definition) is 3. The fraction of sp³-hybridized carbons (Fsp3) is 0.438. The molecule has 0 saturated heterocycles. The molecule has 2 aromatic rings. The zero-order chi connectivity index (χ0) is 13.1. The summed E-state index contributed by atoms with van der Waals surface area (Å²) in [5.41, 5.74) is 2.77. The summed E-state index contributed by atoms with van der Waals surface area (Å²) < 4.78 is 0. The van der Waals surface area contributed by atoms with Gasteiger partial charge in [-0.2, -0.15) is 0 Å². The van der Waals surface area contributed by atoms with Gasteiger partial charge in [0.15, 0.2) is 0 Å². The van der Waals surface area contributed by atoms with Crippen LogP contribution in [0.3, 0.4) is 0 Å². The Labute approximate surface area is 118 Å². The van der Waals surface area contributed by atoms with Crippen LogP contribution in [-0.4, -0.2) is 18.1 Å². The van der Waals surface area contributed by atoms with Crippen LogP contribution in [0.15, 0.2) is 35.8 Å². The predicted molar refractivity (Wildman–Crippen MR) is 80.8 cm³/mol. The van der Waals surface area contributed by atoms with Gasteiger partial charge >= 0.3 is 0 Å². The summed E-state index contributed by atoms with van der Waals surface area (Å²) in [7, 11) is 2.08. The van der Waals surface area contributed by atoms with E-state index in [1.807, 2.05) is 17.5 Å². The molecule has 1 aliphatic rings. The number of rotatable bonds is 4. The summed E-state index contributed by atoms with van der Waals surface area (Å²) in [5, 5.41) is 5.68. The van der Waals surface area contributed by atoms with Crippen molar-refractivity contribution >= 4 is 11.3 Å². The van der Waals surface area contributed by atoms with Gasteiger partial charge in [0.05, 0.1) is 0 Å². The van der Waals surface area contributed by atoms with Crippen molar-refractivity contribution in [2.75, 3.05) is 7.05 Å². The molecule has 1 aliphatic carbocycles. The van der Waals surface area contributed by atoms with Gasteiger partial charge in [-0.3, -0.25) is 4.98 Å². The molecule has 2 unspecified atom stereocenters. The van der Waals surface area contributed by atoms with Crippen LogP contribution >= 0.6 is 11.3 Å². The summed E-state index contributed by atoms with van der Waals surface area (Å²) in [4.78, 5) is 6.12. The molecule has 0 radical (unpaired) electrons. The normalized spacial score (nSPS) is 19.9. The van der Waals surface area contributed by atoms with Crippen molar-refractivity contribution in [3.8, 4) is 0 Å². The van der Waals surface area contributed by atoms with Crippen molar-refractivity contribution < 1.29 is 0 Å². The Morgan fingerprint density at radius 1 is 1.42 bits per heavy atom. The fourth-order valence-corrected chi connectivity index (χ4v) is 3.89. The summed E-state index contributed by atoms with van der Waals surface area (Å²) in [6.45, 7) is 0. The number of thiophene rings is 1. The summed E-state index contributed by atoms with van der Waals surface area (Å²) in [6, 6.07) is 9.17. The Bertz CT molecular complexity index is 521. The van der Waals surface area contributed by atoms with Crippen LogP contribution in [-0.2, 0) is 12.8 Å². The maximum atomic E-state index is 4.66. The second kappa shape index (κ2) is 5.85. The van der Waals surface area contributed by atoms with Crippen molar-refractivity contribution in [1.29, 1.82) is 0 Å². The minimum absolute atomic E-state index is 0.493. The molecule has 3 rings (SSSR count). The molecule has 1 N–H and O–H groups in total. The Hall–Kier alpha value is -1.19. The van der Waals surface area contributed by atoms with E-state index in [1.54, 1.807) is 0 Å². The quantitative estimate of drug-likeness (QED) is 0.923. The van der Waals surface area contributed by atoms with E-state index in [1.165, 1.54) is 35.4 Å². The third kappa shape index (κ3) is 2.72. The van der Waals surface area contributed by atoms with Crippen molar-refractivity contribution in [2.24, 2.45) is 0 Å². The first-order valence-corrected chi connectivity index (χ1v) is 7.90. The van der Waals surface area contributed by atoms with Gasteiger partial charge in [-0.25, -0.2) is 0 Å². The van der Waals surface area contributed by atoms with Crippen LogP contribution in [0.2, 0.25) is 0 Å². The van der Waals surface area contributed by atoms with E-state index in [9.17, 15) is 0 Å². The second-order valence-electron chi connectivity index (χ2n) is 5.23. The Kier molecular flexibility index (Phi) is 3.95. The number of fused-ring (bicyclic) bond motifs is 1. The highest BCUT2D eigenvalue weighted by atomic mass is 32.1. The Morgan fingerprint density at radius 2 is 2.37 bits per heavy atom. The fourth-order valence-electron chi connectivity index (χ4n) is 3.13. The van der Waals surface area contributed by atoms with Gasteiger partial charge in [-0.1, -0.05) is 12.1 Å². The number of nitrogens with zero attached hydrogens (tertiary/aromatic N) is 1. The molecule has 3 heteroatoms. The first-order chi connectivity index (χ1) is 9.38. The van der Waals surface area contributed by atoms with Gasteiger partial charge in [0, 0.05) is 28.7 Å². The third-order valence-corrected chi connectivity index (χ3v) is 4.99. The first kappa shape index (κ1) is 12.8. The lowest BCUT2D eigenvalue weighted by Gasteiger charge is -2.31. The smallest absolute Gasteiger partial charge is 0.0482 e. The van der Waals surface area contributed by atoms with Gasteiger partial charge in [-0.05, 0) is 55.8 Å². The monoisotopic (exact) mass is 272 g/mol.